The highest BCUT2D eigenvalue weighted by Crippen LogP contribution is 2.20. The summed E-state index contributed by atoms with van der Waals surface area (Å²) in [5.74, 6) is -1.14. The van der Waals surface area contributed by atoms with Crippen LogP contribution in [0.5, 0.6) is 5.75 Å². The monoisotopic (exact) mass is 195 g/mol. The second kappa shape index (κ2) is 4.11. The molecule has 1 aromatic carbocycles. The minimum Gasteiger partial charge on any atom is -0.508 e. The first-order chi connectivity index (χ1) is 6.52. The van der Waals surface area contributed by atoms with E-state index >= 15 is 0 Å². The number of nitrogens with two attached hydrogens (primary N) is 1. The van der Waals surface area contributed by atoms with Gasteiger partial charge in [0.25, 0.3) is 0 Å². The van der Waals surface area contributed by atoms with Gasteiger partial charge in [0.15, 0.2) is 0 Å². The standard InChI is InChI=1S/C10H13NO3/c1-6(9(11)10(13)14)7-2-4-8(12)5-3-7/h2-6,9,12H,11H2,1H3,(H,13,14)/t6-,9-/m0/s1. The number of phenolic OH excluding ortho intramolecular Hbond substituents is 1. The lowest BCUT2D eigenvalue weighted by molar-refractivity contribution is -0.139. The molecule has 0 aliphatic heterocycles. The molecule has 2 atom stereocenters. The van der Waals surface area contributed by atoms with Gasteiger partial charge in [-0.3, -0.25) is 4.79 Å². The molecule has 14 heavy (non-hydrogen) atoms. The predicted octanol–water partition coefficient (Wildman–Crippen LogP) is 0.908. The zero-order valence-electron chi connectivity index (χ0n) is 7.84. The average Bonchev–Trinajstić information content (AvgIpc) is 2.16. The lowest BCUT2D eigenvalue weighted by Gasteiger charge is -2.15. The second-order valence-electron chi connectivity index (χ2n) is 3.24. The third-order valence-electron chi connectivity index (χ3n) is 2.24. The number of hydrogen-bond acceptors (Lipinski definition) is 3. The predicted molar refractivity (Wildman–Crippen MR) is 52.1 cm³/mol. The molecule has 0 aromatic heterocycles. The van der Waals surface area contributed by atoms with Crippen LogP contribution in [0.1, 0.15) is 18.4 Å². The highest BCUT2D eigenvalue weighted by atomic mass is 16.4. The maximum absolute atomic E-state index is 10.6. The zero-order valence-corrected chi connectivity index (χ0v) is 7.84. The van der Waals surface area contributed by atoms with Gasteiger partial charge >= 0.3 is 5.97 Å². The Kier molecular flexibility index (Phi) is 3.09. The maximum Gasteiger partial charge on any atom is 0.321 e. The van der Waals surface area contributed by atoms with Gasteiger partial charge < -0.3 is 15.9 Å². The summed E-state index contributed by atoms with van der Waals surface area (Å²) >= 11 is 0. The molecule has 0 heterocycles. The quantitative estimate of drug-likeness (QED) is 0.669. The van der Waals surface area contributed by atoms with Crippen LogP contribution in [0.15, 0.2) is 24.3 Å². The fourth-order valence-corrected chi connectivity index (χ4v) is 1.20. The number of aliphatic carboxylic acids is 1. The van der Waals surface area contributed by atoms with Crippen molar-refractivity contribution in [1.82, 2.24) is 0 Å². The van der Waals surface area contributed by atoms with Gasteiger partial charge in [0, 0.05) is 5.92 Å². The molecular formula is C10H13NO3. The molecule has 4 N–H and O–H groups in total. The summed E-state index contributed by atoms with van der Waals surface area (Å²) in [6.45, 7) is 1.74. The highest BCUT2D eigenvalue weighted by Gasteiger charge is 2.21. The summed E-state index contributed by atoms with van der Waals surface area (Å²) in [6.07, 6.45) is 0. The smallest absolute Gasteiger partial charge is 0.321 e. The number of carboxylic acid groups (broad SMARTS) is 1. The Hall–Kier alpha value is -1.55. The van der Waals surface area contributed by atoms with E-state index in [9.17, 15) is 4.79 Å². The summed E-state index contributed by atoms with van der Waals surface area (Å²) in [5, 5.41) is 17.7. The molecule has 4 nitrogen and oxygen atoms in total. The molecule has 1 aromatic rings. The molecule has 0 spiro atoms. The third-order valence-corrected chi connectivity index (χ3v) is 2.24. The molecule has 0 saturated heterocycles. The number of hydrogen-bond donors (Lipinski definition) is 3. The van der Waals surface area contributed by atoms with E-state index in [-0.39, 0.29) is 11.7 Å². The van der Waals surface area contributed by atoms with Crippen molar-refractivity contribution in [2.75, 3.05) is 0 Å². The van der Waals surface area contributed by atoms with Crippen LogP contribution in [0, 0.1) is 0 Å². The van der Waals surface area contributed by atoms with E-state index in [1.807, 2.05) is 0 Å². The van der Waals surface area contributed by atoms with Crippen LogP contribution in [0.4, 0.5) is 0 Å². The van der Waals surface area contributed by atoms with Crippen molar-refractivity contribution in [3.8, 4) is 5.75 Å². The van der Waals surface area contributed by atoms with Crippen molar-refractivity contribution in [2.45, 2.75) is 18.9 Å². The molecule has 4 heteroatoms. The molecule has 0 radical (unpaired) electrons. The summed E-state index contributed by atoms with van der Waals surface area (Å²) in [5.41, 5.74) is 6.27. The van der Waals surface area contributed by atoms with E-state index in [1.165, 1.54) is 12.1 Å². The van der Waals surface area contributed by atoms with Crippen molar-refractivity contribution < 1.29 is 15.0 Å². The van der Waals surface area contributed by atoms with Crippen molar-refractivity contribution >= 4 is 5.97 Å². The normalized spacial score (nSPS) is 14.7. The second-order valence-corrected chi connectivity index (χ2v) is 3.24. The molecule has 0 unspecified atom stereocenters. The third kappa shape index (κ3) is 2.23. The van der Waals surface area contributed by atoms with Gasteiger partial charge in [-0.15, -0.1) is 0 Å². The van der Waals surface area contributed by atoms with Crippen molar-refractivity contribution in [3.63, 3.8) is 0 Å². The van der Waals surface area contributed by atoms with Crippen LogP contribution in [0.25, 0.3) is 0 Å². The lowest BCUT2D eigenvalue weighted by atomic mass is 9.94. The Labute approximate surface area is 82.0 Å². The zero-order chi connectivity index (χ0) is 10.7. The number of aromatic hydroxyl groups is 1. The van der Waals surface area contributed by atoms with E-state index in [0.717, 1.165) is 5.56 Å². The summed E-state index contributed by atoms with van der Waals surface area (Å²) in [4.78, 5) is 10.6. The molecular weight excluding hydrogens is 182 g/mol. The Bertz CT molecular complexity index is 321. The van der Waals surface area contributed by atoms with Crippen molar-refractivity contribution in [3.05, 3.63) is 29.8 Å². The first kappa shape index (κ1) is 10.5. The van der Waals surface area contributed by atoms with Gasteiger partial charge in [-0.25, -0.2) is 0 Å². The summed E-state index contributed by atoms with van der Waals surface area (Å²) in [6, 6.07) is 5.45. The van der Waals surface area contributed by atoms with Gasteiger partial charge in [-0.2, -0.15) is 0 Å². The molecule has 0 saturated carbocycles. The maximum atomic E-state index is 10.6. The minimum absolute atomic E-state index is 0.157. The Balaban J connectivity index is 2.84. The molecule has 0 aliphatic rings. The van der Waals surface area contributed by atoms with Gasteiger partial charge in [-0.1, -0.05) is 19.1 Å². The lowest BCUT2D eigenvalue weighted by Crippen LogP contribution is -2.35. The van der Waals surface area contributed by atoms with Gasteiger partial charge in [0.05, 0.1) is 0 Å². The first-order valence-corrected chi connectivity index (χ1v) is 4.29. The van der Waals surface area contributed by atoms with E-state index in [2.05, 4.69) is 0 Å². The fourth-order valence-electron chi connectivity index (χ4n) is 1.20. The number of carboxylic acids is 1. The number of rotatable bonds is 3. The van der Waals surface area contributed by atoms with E-state index < -0.39 is 12.0 Å². The molecule has 1 rings (SSSR count). The van der Waals surface area contributed by atoms with Crippen LogP contribution in [-0.2, 0) is 4.79 Å². The van der Waals surface area contributed by atoms with Gasteiger partial charge in [0.1, 0.15) is 11.8 Å². The SMILES string of the molecule is C[C@@H](c1ccc(O)cc1)[C@H](N)C(=O)O. The summed E-state index contributed by atoms with van der Waals surface area (Å²) in [7, 11) is 0. The van der Waals surface area contributed by atoms with Crippen molar-refractivity contribution in [2.24, 2.45) is 5.73 Å². The van der Waals surface area contributed by atoms with Gasteiger partial charge in [-0.05, 0) is 17.7 Å². The highest BCUT2D eigenvalue weighted by molar-refractivity contribution is 5.74. The summed E-state index contributed by atoms with van der Waals surface area (Å²) < 4.78 is 0. The number of phenols is 1. The van der Waals surface area contributed by atoms with E-state index in [4.69, 9.17) is 15.9 Å². The largest absolute Gasteiger partial charge is 0.508 e. The topological polar surface area (TPSA) is 83.5 Å². The van der Waals surface area contributed by atoms with Crippen LogP contribution >= 0.6 is 0 Å². The van der Waals surface area contributed by atoms with Crippen molar-refractivity contribution in [1.29, 1.82) is 0 Å². The van der Waals surface area contributed by atoms with Gasteiger partial charge in [0.2, 0.25) is 0 Å². The molecule has 0 bridgehead atoms. The number of benzene rings is 1. The van der Waals surface area contributed by atoms with E-state index in [0.29, 0.717) is 0 Å². The Morgan fingerprint density at radius 1 is 1.36 bits per heavy atom. The van der Waals surface area contributed by atoms with E-state index in [1.54, 1.807) is 19.1 Å². The molecule has 76 valence electrons. The molecule has 0 fully saturated rings. The Morgan fingerprint density at radius 2 is 1.86 bits per heavy atom. The minimum atomic E-state index is -1.02. The first-order valence-electron chi connectivity index (χ1n) is 4.29. The van der Waals surface area contributed by atoms with Crippen LogP contribution in [0.2, 0.25) is 0 Å². The molecule has 0 amide bonds. The van der Waals surface area contributed by atoms with Crippen LogP contribution in [-0.4, -0.2) is 22.2 Å². The fraction of sp³-hybridized carbons (Fsp3) is 0.300. The number of carbonyl (C=O) groups is 1. The molecule has 0 aliphatic carbocycles. The average molecular weight is 195 g/mol. The Morgan fingerprint density at radius 3 is 2.29 bits per heavy atom. The van der Waals surface area contributed by atoms with Crippen LogP contribution in [0.3, 0.4) is 0 Å². The van der Waals surface area contributed by atoms with Crippen LogP contribution < -0.4 is 5.73 Å².